The van der Waals surface area contributed by atoms with Crippen LogP contribution in [0, 0.1) is 5.82 Å². The van der Waals surface area contributed by atoms with E-state index in [9.17, 15) is 9.18 Å². The highest BCUT2D eigenvalue weighted by atomic mass is 19.1. The highest BCUT2D eigenvalue weighted by Gasteiger charge is 2.23. The number of nitrogens with one attached hydrogen (secondary N) is 2. The fourth-order valence-electron chi connectivity index (χ4n) is 1.90. The van der Waals surface area contributed by atoms with Crippen LogP contribution in [0.3, 0.4) is 0 Å². The molecular weight excluding hydrogens is 221 g/mol. The highest BCUT2D eigenvalue weighted by molar-refractivity contribution is 5.89. The molecule has 1 atom stereocenters. The fourth-order valence-corrected chi connectivity index (χ4v) is 1.90. The van der Waals surface area contributed by atoms with Gasteiger partial charge in [-0.25, -0.2) is 9.18 Å². The summed E-state index contributed by atoms with van der Waals surface area (Å²) in [6.07, 6.45) is 0.932. The minimum atomic E-state index is -0.418. The van der Waals surface area contributed by atoms with Crippen LogP contribution < -0.4 is 10.6 Å². The van der Waals surface area contributed by atoms with Gasteiger partial charge in [-0.15, -0.1) is 0 Å². The number of carbonyl (C=O) groups is 1. The van der Waals surface area contributed by atoms with Gasteiger partial charge >= 0.3 is 6.03 Å². The average molecular weight is 237 g/mol. The molecule has 0 bridgehead atoms. The first-order valence-electron chi connectivity index (χ1n) is 5.67. The summed E-state index contributed by atoms with van der Waals surface area (Å²) >= 11 is 0. The van der Waals surface area contributed by atoms with Gasteiger partial charge in [0.05, 0.1) is 5.69 Å². The van der Waals surface area contributed by atoms with Crippen molar-refractivity contribution in [2.45, 2.75) is 12.5 Å². The van der Waals surface area contributed by atoms with Crippen molar-refractivity contribution in [3.05, 3.63) is 30.1 Å². The van der Waals surface area contributed by atoms with Crippen molar-refractivity contribution in [2.75, 3.05) is 25.5 Å². The minimum absolute atomic E-state index is 0.182. The number of halogens is 1. The number of para-hydroxylation sites is 1. The molecule has 1 saturated heterocycles. The smallest absolute Gasteiger partial charge is 0.321 e. The molecule has 1 aromatic carbocycles. The molecule has 1 fully saturated rings. The Bertz CT molecular complexity index is 404. The summed E-state index contributed by atoms with van der Waals surface area (Å²) in [5.41, 5.74) is 0.218. The second-order valence-electron chi connectivity index (χ2n) is 4.17. The van der Waals surface area contributed by atoms with Crippen molar-refractivity contribution >= 4 is 11.7 Å². The van der Waals surface area contributed by atoms with Gasteiger partial charge in [-0.3, -0.25) is 0 Å². The van der Waals surface area contributed by atoms with Crippen LogP contribution in [0.2, 0.25) is 0 Å². The highest BCUT2D eigenvalue weighted by Crippen LogP contribution is 2.14. The zero-order valence-electron chi connectivity index (χ0n) is 9.74. The van der Waals surface area contributed by atoms with Crippen LogP contribution >= 0.6 is 0 Å². The molecule has 0 aromatic heterocycles. The van der Waals surface area contributed by atoms with Gasteiger partial charge in [-0.05, 0) is 25.1 Å². The average Bonchev–Trinajstić information content (AvgIpc) is 2.84. The molecule has 2 N–H and O–H groups in total. The van der Waals surface area contributed by atoms with Gasteiger partial charge in [-0.1, -0.05) is 12.1 Å². The number of benzene rings is 1. The predicted octanol–water partition coefficient (Wildman–Crippen LogP) is 1.65. The normalized spacial score (nSPS) is 19.1. The maximum absolute atomic E-state index is 13.3. The molecule has 2 amide bonds. The maximum atomic E-state index is 13.3. The molecule has 0 aliphatic carbocycles. The molecule has 17 heavy (non-hydrogen) atoms. The molecule has 1 aliphatic heterocycles. The number of carbonyl (C=O) groups excluding carboxylic acids is 1. The fraction of sp³-hybridized carbons (Fsp3) is 0.417. The van der Waals surface area contributed by atoms with E-state index in [4.69, 9.17) is 0 Å². The van der Waals surface area contributed by atoms with Crippen LogP contribution in [-0.4, -0.2) is 37.1 Å². The van der Waals surface area contributed by atoms with E-state index in [-0.39, 0.29) is 17.8 Å². The summed E-state index contributed by atoms with van der Waals surface area (Å²) in [4.78, 5) is 13.5. The first kappa shape index (κ1) is 11.9. The maximum Gasteiger partial charge on any atom is 0.321 e. The van der Waals surface area contributed by atoms with Crippen molar-refractivity contribution < 1.29 is 9.18 Å². The Morgan fingerprint density at radius 3 is 2.94 bits per heavy atom. The Hall–Kier alpha value is -1.62. The molecule has 5 heteroatoms. The Labute approximate surface area is 99.8 Å². The van der Waals surface area contributed by atoms with Crippen LogP contribution in [0.1, 0.15) is 6.42 Å². The van der Waals surface area contributed by atoms with E-state index in [0.29, 0.717) is 0 Å². The molecule has 0 radical (unpaired) electrons. The lowest BCUT2D eigenvalue weighted by molar-refractivity contribution is 0.207. The van der Waals surface area contributed by atoms with Crippen molar-refractivity contribution in [3.63, 3.8) is 0 Å². The van der Waals surface area contributed by atoms with Crippen LogP contribution in [-0.2, 0) is 0 Å². The van der Waals surface area contributed by atoms with E-state index >= 15 is 0 Å². The van der Waals surface area contributed by atoms with Crippen molar-refractivity contribution in [1.82, 2.24) is 10.2 Å². The SMILES string of the molecule is CN(C(=O)Nc1ccccc1F)C1CCNC1. The number of rotatable bonds is 2. The molecule has 92 valence electrons. The summed E-state index contributed by atoms with van der Waals surface area (Å²) < 4.78 is 13.3. The van der Waals surface area contributed by atoms with Gasteiger partial charge < -0.3 is 15.5 Å². The Balaban J connectivity index is 1.99. The molecule has 1 unspecified atom stereocenters. The van der Waals surface area contributed by atoms with E-state index in [2.05, 4.69) is 10.6 Å². The van der Waals surface area contributed by atoms with Crippen molar-refractivity contribution in [1.29, 1.82) is 0 Å². The predicted molar refractivity (Wildman–Crippen MR) is 64.5 cm³/mol. The lowest BCUT2D eigenvalue weighted by Crippen LogP contribution is -2.41. The number of hydrogen-bond donors (Lipinski definition) is 2. The molecule has 0 saturated carbocycles. The van der Waals surface area contributed by atoms with Gasteiger partial charge in [-0.2, -0.15) is 0 Å². The molecule has 1 aromatic rings. The number of likely N-dealkylation sites (N-methyl/N-ethyl adjacent to an activating group) is 1. The Morgan fingerprint density at radius 1 is 1.53 bits per heavy atom. The summed E-state index contributed by atoms with van der Waals surface area (Å²) in [7, 11) is 1.73. The summed E-state index contributed by atoms with van der Waals surface area (Å²) in [6.45, 7) is 1.71. The molecule has 4 nitrogen and oxygen atoms in total. The van der Waals surface area contributed by atoms with Gasteiger partial charge in [0.2, 0.25) is 0 Å². The van der Waals surface area contributed by atoms with E-state index in [0.717, 1.165) is 19.5 Å². The number of anilines is 1. The Morgan fingerprint density at radius 2 is 2.29 bits per heavy atom. The van der Waals surface area contributed by atoms with Crippen LogP contribution in [0.25, 0.3) is 0 Å². The van der Waals surface area contributed by atoms with Crippen LogP contribution in [0.5, 0.6) is 0 Å². The summed E-state index contributed by atoms with van der Waals surface area (Å²) in [5, 5.41) is 5.76. The summed E-state index contributed by atoms with van der Waals surface area (Å²) in [5.74, 6) is -0.418. The van der Waals surface area contributed by atoms with Gasteiger partial charge in [0.1, 0.15) is 5.82 Å². The number of nitrogens with zero attached hydrogens (tertiary/aromatic N) is 1. The minimum Gasteiger partial charge on any atom is -0.323 e. The second-order valence-corrected chi connectivity index (χ2v) is 4.17. The monoisotopic (exact) mass is 237 g/mol. The second kappa shape index (κ2) is 5.14. The zero-order chi connectivity index (χ0) is 12.3. The van der Waals surface area contributed by atoms with Crippen molar-refractivity contribution in [3.8, 4) is 0 Å². The third kappa shape index (κ3) is 2.74. The standard InChI is InChI=1S/C12H16FN3O/c1-16(9-6-7-14-8-9)12(17)15-11-5-3-2-4-10(11)13/h2-5,9,14H,6-8H2,1H3,(H,15,17). The lowest BCUT2D eigenvalue weighted by atomic mass is 10.2. The molecule has 1 heterocycles. The van der Waals surface area contributed by atoms with Crippen molar-refractivity contribution in [2.24, 2.45) is 0 Å². The van der Waals surface area contributed by atoms with Gasteiger partial charge in [0.15, 0.2) is 0 Å². The first-order chi connectivity index (χ1) is 8.18. The van der Waals surface area contributed by atoms with Crippen LogP contribution in [0.15, 0.2) is 24.3 Å². The van der Waals surface area contributed by atoms with Crippen LogP contribution in [0.4, 0.5) is 14.9 Å². The van der Waals surface area contributed by atoms with E-state index in [1.165, 1.54) is 6.07 Å². The molecule has 1 aliphatic rings. The Kier molecular flexibility index (Phi) is 3.58. The topological polar surface area (TPSA) is 44.4 Å². The van der Waals surface area contributed by atoms with Gasteiger partial charge in [0.25, 0.3) is 0 Å². The number of urea groups is 1. The number of hydrogen-bond acceptors (Lipinski definition) is 2. The summed E-state index contributed by atoms with van der Waals surface area (Å²) in [6, 6.07) is 6.07. The molecular formula is C12H16FN3O. The van der Waals surface area contributed by atoms with Gasteiger partial charge in [0, 0.05) is 19.6 Å². The third-order valence-electron chi connectivity index (χ3n) is 3.02. The lowest BCUT2D eigenvalue weighted by Gasteiger charge is -2.24. The largest absolute Gasteiger partial charge is 0.323 e. The molecule has 0 spiro atoms. The quantitative estimate of drug-likeness (QED) is 0.821. The zero-order valence-corrected chi connectivity index (χ0v) is 9.74. The third-order valence-corrected chi connectivity index (χ3v) is 3.02. The van der Waals surface area contributed by atoms with E-state index in [1.807, 2.05) is 0 Å². The van der Waals surface area contributed by atoms with E-state index in [1.54, 1.807) is 30.1 Å². The first-order valence-corrected chi connectivity index (χ1v) is 5.67. The molecule has 2 rings (SSSR count). The van der Waals surface area contributed by atoms with E-state index < -0.39 is 5.82 Å². The number of amides is 2.